The molecule has 0 aliphatic rings. The quantitative estimate of drug-likeness (QED) is 0.598. The van der Waals surface area contributed by atoms with Gasteiger partial charge in [-0.1, -0.05) is 6.07 Å². The number of nitrogens with one attached hydrogen (secondary N) is 2. The normalized spacial score (nSPS) is 11.8. The third kappa shape index (κ3) is 5.78. The smallest absolute Gasteiger partial charge is 0.326 e. The first-order valence-corrected chi connectivity index (χ1v) is 6.57. The van der Waals surface area contributed by atoms with E-state index in [1.807, 2.05) is 0 Å². The van der Waals surface area contributed by atoms with E-state index < -0.39 is 18.0 Å². The molecule has 21 heavy (non-hydrogen) atoms. The lowest BCUT2D eigenvalue weighted by atomic mass is 10.1. The van der Waals surface area contributed by atoms with E-state index in [0.29, 0.717) is 13.0 Å². The fourth-order valence-electron chi connectivity index (χ4n) is 1.85. The molecular weight excluding hydrogens is 279 g/mol. The summed E-state index contributed by atoms with van der Waals surface area (Å²) in [6.07, 6.45) is 0.455. The van der Waals surface area contributed by atoms with Gasteiger partial charge in [0, 0.05) is 19.6 Å². The number of rotatable bonds is 7. The summed E-state index contributed by atoms with van der Waals surface area (Å²) < 4.78 is 12.9. The molecule has 0 aliphatic heterocycles. The second kappa shape index (κ2) is 8.21. The predicted molar refractivity (Wildman–Crippen MR) is 74.5 cm³/mol. The molecule has 1 atom stereocenters. The zero-order valence-electron chi connectivity index (χ0n) is 11.7. The van der Waals surface area contributed by atoms with E-state index >= 15 is 0 Å². The van der Waals surface area contributed by atoms with Gasteiger partial charge in [-0.3, -0.25) is 0 Å². The van der Waals surface area contributed by atoms with Crippen molar-refractivity contribution < 1.29 is 24.2 Å². The van der Waals surface area contributed by atoms with E-state index in [0.717, 1.165) is 11.1 Å². The molecule has 0 aliphatic carbocycles. The Morgan fingerprint density at radius 1 is 1.38 bits per heavy atom. The van der Waals surface area contributed by atoms with Crippen molar-refractivity contribution in [1.82, 2.24) is 10.6 Å². The molecule has 0 fully saturated rings. The van der Waals surface area contributed by atoms with Crippen molar-refractivity contribution >= 4 is 12.0 Å². The van der Waals surface area contributed by atoms with Gasteiger partial charge in [0.2, 0.25) is 0 Å². The number of amides is 2. The van der Waals surface area contributed by atoms with Gasteiger partial charge in [0.25, 0.3) is 0 Å². The molecule has 4 N–H and O–H groups in total. The minimum atomic E-state index is -1.20. The molecule has 0 saturated carbocycles. The highest BCUT2D eigenvalue weighted by Gasteiger charge is 2.18. The molecule has 1 rings (SSSR count). The molecule has 6 nitrogen and oxygen atoms in total. The summed E-state index contributed by atoms with van der Waals surface area (Å²) in [5.41, 5.74) is 1.70. The number of carboxylic acids is 1. The van der Waals surface area contributed by atoms with Crippen LogP contribution in [0.25, 0.3) is 0 Å². The monoisotopic (exact) mass is 298 g/mol. The Balaban J connectivity index is 2.41. The molecular formula is C14H19FN2O4. The molecule has 1 aromatic rings. The molecule has 1 unspecified atom stereocenters. The second-order valence-corrected chi connectivity index (χ2v) is 4.62. The largest absolute Gasteiger partial charge is 0.480 e. The number of aliphatic hydroxyl groups excluding tert-OH is 1. The fraction of sp³-hybridized carbons (Fsp3) is 0.429. The van der Waals surface area contributed by atoms with Crippen LogP contribution >= 0.6 is 0 Å². The minimum Gasteiger partial charge on any atom is -0.480 e. The first-order chi connectivity index (χ1) is 9.93. The third-order valence-electron chi connectivity index (χ3n) is 3.01. The highest BCUT2D eigenvalue weighted by atomic mass is 19.1. The van der Waals surface area contributed by atoms with Gasteiger partial charge < -0.3 is 20.8 Å². The number of aliphatic hydroxyl groups is 1. The molecule has 0 radical (unpaired) electrons. The van der Waals surface area contributed by atoms with Crippen molar-refractivity contribution in [2.45, 2.75) is 25.8 Å². The predicted octanol–water partition coefficient (Wildman–Crippen LogP) is 0.811. The van der Waals surface area contributed by atoms with Crippen LogP contribution in [0.4, 0.5) is 9.18 Å². The lowest BCUT2D eigenvalue weighted by Crippen LogP contribution is -2.46. The van der Waals surface area contributed by atoms with E-state index in [-0.39, 0.29) is 18.8 Å². The Labute approximate surface area is 122 Å². The van der Waals surface area contributed by atoms with Crippen LogP contribution in [0.5, 0.6) is 0 Å². The van der Waals surface area contributed by atoms with E-state index in [9.17, 15) is 14.0 Å². The van der Waals surface area contributed by atoms with Crippen LogP contribution in [-0.4, -0.2) is 41.4 Å². The van der Waals surface area contributed by atoms with Gasteiger partial charge in [-0.05, 0) is 36.6 Å². The maximum Gasteiger partial charge on any atom is 0.326 e. The number of aliphatic carboxylic acids is 1. The van der Waals surface area contributed by atoms with Crippen molar-refractivity contribution in [3.63, 3.8) is 0 Å². The van der Waals surface area contributed by atoms with Crippen molar-refractivity contribution in [2.75, 3.05) is 13.2 Å². The SMILES string of the molecule is Cc1cc(F)ccc1CCNC(=O)NC(CCO)C(=O)O. The number of carbonyl (C=O) groups excluding carboxylic acids is 1. The van der Waals surface area contributed by atoms with Gasteiger partial charge >= 0.3 is 12.0 Å². The van der Waals surface area contributed by atoms with Crippen LogP contribution in [0.15, 0.2) is 18.2 Å². The van der Waals surface area contributed by atoms with Crippen LogP contribution in [0, 0.1) is 12.7 Å². The Hall–Kier alpha value is -2.15. The maximum absolute atomic E-state index is 12.9. The maximum atomic E-state index is 12.9. The topological polar surface area (TPSA) is 98.7 Å². The highest BCUT2D eigenvalue weighted by molar-refractivity contribution is 5.82. The lowest BCUT2D eigenvalue weighted by Gasteiger charge is -2.14. The van der Waals surface area contributed by atoms with Crippen LogP contribution in [0.2, 0.25) is 0 Å². The molecule has 0 heterocycles. The summed E-state index contributed by atoms with van der Waals surface area (Å²) in [5.74, 6) is -1.51. The Morgan fingerprint density at radius 2 is 2.10 bits per heavy atom. The van der Waals surface area contributed by atoms with Crippen LogP contribution in [0.1, 0.15) is 17.5 Å². The van der Waals surface area contributed by atoms with E-state index in [1.54, 1.807) is 13.0 Å². The van der Waals surface area contributed by atoms with E-state index in [2.05, 4.69) is 10.6 Å². The van der Waals surface area contributed by atoms with E-state index in [1.165, 1.54) is 12.1 Å². The summed E-state index contributed by atoms with van der Waals surface area (Å²) in [5, 5.41) is 22.3. The molecule has 1 aromatic carbocycles. The van der Waals surface area contributed by atoms with E-state index in [4.69, 9.17) is 10.2 Å². The number of aryl methyl sites for hydroxylation is 1. The zero-order valence-corrected chi connectivity index (χ0v) is 11.7. The molecule has 0 spiro atoms. The summed E-state index contributed by atoms with van der Waals surface area (Å²) in [7, 11) is 0. The van der Waals surface area contributed by atoms with Gasteiger partial charge in [-0.15, -0.1) is 0 Å². The number of hydrogen-bond donors (Lipinski definition) is 4. The Kier molecular flexibility index (Phi) is 6.61. The Morgan fingerprint density at radius 3 is 2.67 bits per heavy atom. The fourth-order valence-corrected chi connectivity index (χ4v) is 1.85. The number of carbonyl (C=O) groups is 2. The Bertz CT molecular complexity index is 508. The molecule has 7 heteroatoms. The average Bonchev–Trinajstić information content (AvgIpc) is 2.40. The molecule has 116 valence electrons. The lowest BCUT2D eigenvalue weighted by molar-refractivity contribution is -0.139. The van der Waals surface area contributed by atoms with Crippen molar-refractivity contribution in [3.8, 4) is 0 Å². The van der Waals surface area contributed by atoms with Crippen LogP contribution in [-0.2, 0) is 11.2 Å². The number of halogens is 1. The number of urea groups is 1. The first kappa shape index (κ1) is 16.9. The zero-order chi connectivity index (χ0) is 15.8. The summed E-state index contributed by atoms with van der Waals surface area (Å²) in [6.45, 7) is 1.75. The number of hydrogen-bond acceptors (Lipinski definition) is 3. The van der Waals surface area contributed by atoms with Gasteiger partial charge in [0.15, 0.2) is 0 Å². The molecule has 0 saturated heterocycles. The van der Waals surface area contributed by atoms with Gasteiger partial charge in [0.05, 0.1) is 0 Å². The van der Waals surface area contributed by atoms with Gasteiger partial charge in [0.1, 0.15) is 11.9 Å². The van der Waals surface area contributed by atoms with Crippen molar-refractivity contribution in [3.05, 3.63) is 35.1 Å². The minimum absolute atomic E-state index is 0.0557. The average molecular weight is 298 g/mol. The second-order valence-electron chi connectivity index (χ2n) is 4.62. The van der Waals surface area contributed by atoms with Gasteiger partial charge in [-0.2, -0.15) is 0 Å². The molecule has 0 aromatic heterocycles. The van der Waals surface area contributed by atoms with Crippen molar-refractivity contribution in [1.29, 1.82) is 0 Å². The number of carboxylic acid groups (broad SMARTS) is 1. The van der Waals surface area contributed by atoms with Gasteiger partial charge in [-0.25, -0.2) is 14.0 Å². The van der Waals surface area contributed by atoms with Crippen LogP contribution < -0.4 is 10.6 Å². The molecule has 2 amide bonds. The highest BCUT2D eigenvalue weighted by Crippen LogP contribution is 2.10. The summed E-state index contributed by atoms with van der Waals surface area (Å²) in [6, 6.07) is 2.68. The summed E-state index contributed by atoms with van der Waals surface area (Å²) in [4.78, 5) is 22.3. The van der Waals surface area contributed by atoms with Crippen molar-refractivity contribution in [2.24, 2.45) is 0 Å². The first-order valence-electron chi connectivity index (χ1n) is 6.57. The standard InChI is InChI=1S/C14H19FN2O4/c1-9-8-11(15)3-2-10(9)4-6-16-14(21)17-12(5-7-18)13(19)20/h2-3,8,12,18H,4-7H2,1H3,(H,19,20)(H2,16,17,21). The molecule has 0 bridgehead atoms. The third-order valence-corrected chi connectivity index (χ3v) is 3.01. The summed E-state index contributed by atoms with van der Waals surface area (Å²) >= 11 is 0. The number of benzene rings is 1. The van der Waals surface area contributed by atoms with Crippen LogP contribution in [0.3, 0.4) is 0 Å².